The first kappa shape index (κ1) is 22.9. The van der Waals surface area contributed by atoms with Crippen molar-refractivity contribution in [2.45, 2.75) is 53.9 Å². The first-order valence-corrected chi connectivity index (χ1v) is 11.3. The van der Waals surface area contributed by atoms with Crippen LogP contribution in [0.4, 0.5) is 0 Å². The zero-order valence-electron chi connectivity index (χ0n) is 20.1. The van der Waals surface area contributed by atoms with Gasteiger partial charge in [0.2, 0.25) is 0 Å². The van der Waals surface area contributed by atoms with Gasteiger partial charge in [0.25, 0.3) is 0 Å². The minimum absolute atomic E-state index is 0.201. The minimum Gasteiger partial charge on any atom is -0.491 e. The van der Waals surface area contributed by atoms with Crippen LogP contribution in [0.2, 0.25) is 0 Å². The third-order valence-corrected chi connectivity index (χ3v) is 5.84. The van der Waals surface area contributed by atoms with E-state index < -0.39 is 6.10 Å². The Hall–Kier alpha value is -3.31. The molecular formula is C28H32N2O3. The molecule has 5 nitrogen and oxygen atoms in total. The fourth-order valence-electron chi connectivity index (χ4n) is 4.38. The standard InChI is InChI=1S/C28H32N2O3/c1-18-10-11-26(20(3)12-18)32-16-23(31)15-30-25-9-7-6-8-24(25)29-27(30)17-33-28-21(4)13-19(2)14-22(28)5/h6-14,23,31H,15-17H2,1-5H3. The normalized spacial score (nSPS) is 12.2. The number of aliphatic hydroxyl groups is 1. The third-order valence-electron chi connectivity index (χ3n) is 5.84. The average Bonchev–Trinajstić information content (AvgIpc) is 3.09. The summed E-state index contributed by atoms with van der Waals surface area (Å²) in [4.78, 5) is 4.79. The van der Waals surface area contributed by atoms with Crippen LogP contribution in [0.5, 0.6) is 11.5 Å². The molecule has 172 valence electrons. The van der Waals surface area contributed by atoms with Crippen LogP contribution in [-0.4, -0.2) is 27.4 Å². The van der Waals surface area contributed by atoms with Gasteiger partial charge in [-0.1, -0.05) is 47.5 Å². The molecule has 0 fully saturated rings. The molecule has 0 aliphatic rings. The van der Waals surface area contributed by atoms with E-state index >= 15 is 0 Å². The van der Waals surface area contributed by atoms with Gasteiger partial charge in [-0.3, -0.25) is 0 Å². The number of benzene rings is 3. The Kier molecular flexibility index (Phi) is 6.70. The van der Waals surface area contributed by atoms with Crippen molar-refractivity contribution in [1.82, 2.24) is 9.55 Å². The minimum atomic E-state index is -0.690. The molecule has 0 amide bonds. The number of aromatic nitrogens is 2. The molecule has 0 saturated carbocycles. The molecule has 0 aliphatic carbocycles. The van der Waals surface area contributed by atoms with Crippen LogP contribution < -0.4 is 9.47 Å². The maximum atomic E-state index is 10.8. The lowest BCUT2D eigenvalue weighted by molar-refractivity contribution is 0.0914. The third kappa shape index (κ3) is 5.20. The van der Waals surface area contributed by atoms with Crippen molar-refractivity contribution in [3.05, 3.63) is 88.2 Å². The fraction of sp³-hybridized carbons (Fsp3) is 0.321. The monoisotopic (exact) mass is 444 g/mol. The number of rotatable bonds is 8. The van der Waals surface area contributed by atoms with E-state index in [2.05, 4.69) is 45.9 Å². The summed E-state index contributed by atoms with van der Waals surface area (Å²) in [6, 6.07) is 18.3. The molecule has 0 aliphatic heterocycles. The van der Waals surface area contributed by atoms with Crippen LogP contribution in [0.1, 0.15) is 33.6 Å². The second-order valence-electron chi connectivity index (χ2n) is 8.88. The molecule has 0 radical (unpaired) electrons. The van der Waals surface area contributed by atoms with Gasteiger partial charge in [0.15, 0.2) is 0 Å². The van der Waals surface area contributed by atoms with Gasteiger partial charge in [-0.15, -0.1) is 0 Å². The lowest BCUT2D eigenvalue weighted by atomic mass is 10.1. The van der Waals surface area contributed by atoms with Gasteiger partial charge in [-0.05, 0) is 69.5 Å². The van der Waals surface area contributed by atoms with Crippen molar-refractivity contribution >= 4 is 11.0 Å². The number of imidazole rings is 1. The molecule has 33 heavy (non-hydrogen) atoms. The topological polar surface area (TPSA) is 56.5 Å². The van der Waals surface area contributed by atoms with Gasteiger partial charge in [-0.25, -0.2) is 4.98 Å². The van der Waals surface area contributed by atoms with Crippen LogP contribution in [0.15, 0.2) is 54.6 Å². The van der Waals surface area contributed by atoms with Crippen LogP contribution in [0.3, 0.4) is 0 Å². The average molecular weight is 445 g/mol. The highest BCUT2D eigenvalue weighted by molar-refractivity contribution is 5.75. The second-order valence-corrected chi connectivity index (χ2v) is 8.88. The van der Waals surface area contributed by atoms with E-state index in [-0.39, 0.29) is 6.61 Å². The maximum absolute atomic E-state index is 10.8. The lowest BCUT2D eigenvalue weighted by Crippen LogP contribution is -2.25. The Morgan fingerprint density at radius 3 is 2.27 bits per heavy atom. The molecular weight excluding hydrogens is 412 g/mol. The van der Waals surface area contributed by atoms with E-state index in [0.29, 0.717) is 13.2 Å². The van der Waals surface area contributed by atoms with Gasteiger partial charge in [0, 0.05) is 0 Å². The number of para-hydroxylation sites is 2. The Morgan fingerprint density at radius 1 is 0.848 bits per heavy atom. The molecule has 1 heterocycles. The van der Waals surface area contributed by atoms with E-state index in [1.807, 2.05) is 47.9 Å². The predicted octanol–water partition coefficient (Wildman–Crippen LogP) is 5.60. The van der Waals surface area contributed by atoms with Crippen molar-refractivity contribution in [3.8, 4) is 11.5 Å². The molecule has 1 atom stereocenters. The maximum Gasteiger partial charge on any atom is 0.148 e. The fourth-order valence-corrected chi connectivity index (χ4v) is 4.38. The van der Waals surface area contributed by atoms with Crippen molar-refractivity contribution < 1.29 is 14.6 Å². The lowest BCUT2D eigenvalue weighted by Gasteiger charge is -2.18. The molecule has 3 aromatic carbocycles. The van der Waals surface area contributed by atoms with Gasteiger partial charge >= 0.3 is 0 Å². The van der Waals surface area contributed by atoms with Crippen LogP contribution >= 0.6 is 0 Å². The number of fused-ring (bicyclic) bond motifs is 1. The summed E-state index contributed by atoms with van der Waals surface area (Å²) >= 11 is 0. The van der Waals surface area contributed by atoms with Gasteiger partial charge in [-0.2, -0.15) is 0 Å². The number of nitrogens with zero attached hydrogens (tertiary/aromatic N) is 2. The summed E-state index contributed by atoms with van der Waals surface area (Å²) in [6.07, 6.45) is -0.690. The van der Waals surface area contributed by atoms with Crippen LogP contribution in [0.25, 0.3) is 11.0 Å². The van der Waals surface area contributed by atoms with Gasteiger partial charge in [0.1, 0.15) is 36.6 Å². The zero-order chi connectivity index (χ0) is 23.5. The van der Waals surface area contributed by atoms with E-state index in [1.54, 1.807) is 0 Å². The van der Waals surface area contributed by atoms with E-state index in [4.69, 9.17) is 14.5 Å². The van der Waals surface area contributed by atoms with Crippen LogP contribution in [0, 0.1) is 34.6 Å². The predicted molar refractivity (Wildman–Crippen MR) is 132 cm³/mol. The summed E-state index contributed by atoms with van der Waals surface area (Å²) in [5.74, 6) is 2.46. The van der Waals surface area contributed by atoms with Gasteiger partial charge in [0.05, 0.1) is 17.6 Å². The number of hydrogen-bond acceptors (Lipinski definition) is 4. The van der Waals surface area contributed by atoms with Gasteiger partial charge < -0.3 is 19.1 Å². The van der Waals surface area contributed by atoms with Crippen molar-refractivity contribution in [3.63, 3.8) is 0 Å². The number of aliphatic hydroxyl groups excluding tert-OH is 1. The molecule has 5 heteroatoms. The van der Waals surface area contributed by atoms with E-state index in [9.17, 15) is 5.11 Å². The molecule has 4 aromatic rings. The summed E-state index contributed by atoms with van der Waals surface area (Å²) in [5, 5.41) is 10.8. The summed E-state index contributed by atoms with van der Waals surface area (Å²) in [6.45, 7) is 11.2. The molecule has 4 rings (SSSR count). The number of aryl methyl sites for hydroxylation is 5. The molecule has 1 N–H and O–H groups in total. The summed E-state index contributed by atoms with van der Waals surface area (Å²) in [7, 11) is 0. The summed E-state index contributed by atoms with van der Waals surface area (Å²) < 4.78 is 14.2. The van der Waals surface area contributed by atoms with Crippen LogP contribution in [-0.2, 0) is 13.2 Å². The van der Waals surface area contributed by atoms with Crippen molar-refractivity contribution in [2.75, 3.05) is 6.61 Å². The van der Waals surface area contributed by atoms with E-state index in [1.165, 1.54) is 11.1 Å². The molecule has 0 saturated heterocycles. The molecule has 1 aromatic heterocycles. The molecule has 0 spiro atoms. The highest BCUT2D eigenvalue weighted by Gasteiger charge is 2.16. The molecule has 1 unspecified atom stereocenters. The Labute approximate surface area is 195 Å². The second kappa shape index (κ2) is 9.67. The first-order valence-electron chi connectivity index (χ1n) is 11.3. The highest BCUT2D eigenvalue weighted by atomic mass is 16.5. The largest absolute Gasteiger partial charge is 0.491 e. The van der Waals surface area contributed by atoms with Crippen molar-refractivity contribution in [1.29, 1.82) is 0 Å². The SMILES string of the molecule is Cc1ccc(OCC(O)Cn2c(COc3c(C)cc(C)cc3C)nc3ccccc32)c(C)c1. The zero-order valence-corrected chi connectivity index (χ0v) is 20.1. The Balaban J connectivity index is 1.52. The van der Waals surface area contributed by atoms with E-state index in [0.717, 1.165) is 45.0 Å². The van der Waals surface area contributed by atoms with Crippen molar-refractivity contribution in [2.24, 2.45) is 0 Å². The number of ether oxygens (including phenoxy) is 2. The number of hydrogen-bond donors (Lipinski definition) is 1. The Bertz CT molecular complexity index is 1250. The highest BCUT2D eigenvalue weighted by Crippen LogP contribution is 2.26. The summed E-state index contributed by atoms with van der Waals surface area (Å²) in [5.41, 5.74) is 7.54. The first-order chi connectivity index (χ1) is 15.8. The molecule has 0 bridgehead atoms. The Morgan fingerprint density at radius 2 is 1.55 bits per heavy atom. The quantitative estimate of drug-likeness (QED) is 0.384. The smallest absolute Gasteiger partial charge is 0.148 e.